The third-order valence-electron chi connectivity index (χ3n) is 3.20. The topological polar surface area (TPSA) is 59.1 Å². The molecule has 0 saturated heterocycles. The van der Waals surface area contributed by atoms with Crippen molar-refractivity contribution in [3.63, 3.8) is 0 Å². The molecule has 1 aromatic heterocycles. The third-order valence-corrected chi connectivity index (χ3v) is 4.59. The highest BCUT2D eigenvalue weighted by Crippen LogP contribution is 2.22. The zero-order valence-corrected chi connectivity index (χ0v) is 13.3. The van der Waals surface area contributed by atoms with Crippen LogP contribution in [-0.2, 0) is 22.0 Å². The fourth-order valence-corrected chi connectivity index (χ4v) is 2.90. The van der Waals surface area contributed by atoms with E-state index in [-0.39, 0.29) is 16.9 Å². The van der Waals surface area contributed by atoms with Crippen molar-refractivity contribution >= 4 is 10.0 Å². The van der Waals surface area contributed by atoms with Gasteiger partial charge in [0.2, 0.25) is 10.0 Å². The number of aromatic nitrogens is 1. The van der Waals surface area contributed by atoms with Gasteiger partial charge in [0.1, 0.15) is 4.90 Å². The highest BCUT2D eigenvalue weighted by molar-refractivity contribution is 7.89. The summed E-state index contributed by atoms with van der Waals surface area (Å²) < 4.78 is 26.9. The number of hydrogen-bond donors (Lipinski definition) is 1. The summed E-state index contributed by atoms with van der Waals surface area (Å²) >= 11 is 0. The van der Waals surface area contributed by atoms with Crippen molar-refractivity contribution in [2.24, 2.45) is 0 Å². The van der Waals surface area contributed by atoms with E-state index in [1.54, 1.807) is 12.3 Å². The van der Waals surface area contributed by atoms with Gasteiger partial charge in [0.15, 0.2) is 0 Å². The Morgan fingerprint density at radius 3 is 2.52 bits per heavy atom. The molecule has 21 heavy (non-hydrogen) atoms. The first-order valence-corrected chi connectivity index (χ1v) is 8.26. The van der Waals surface area contributed by atoms with Crippen LogP contribution in [-0.4, -0.2) is 13.4 Å². The van der Waals surface area contributed by atoms with Gasteiger partial charge in [-0.3, -0.25) is 4.98 Å². The molecule has 0 bridgehead atoms. The van der Waals surface area contributed by atoms with Crippen LogP contribution in [0.2, 0.25) is 0 Å². The number of benzene rings is 1. The van der Waals surface area contributed by atoms with E-state index in [1.807, 2.05) is 18.2 Å². The zero-order chi connectivity index (χ0) is 15.5. The summed E-state index contributed by atoms with van der Waals surface area (Å²) in [6, 6.07) is 11.1. The maximum atomic E-state index is 12.1. The van der Waals surface area contributed by atoms with E-state index in [4.69, 9.17) is 0 Å². The van der Waals surface area contributed by atoms with Crippen molar-refractivity contribution in [1.29, 1.82) is 0 Å². The zero-order valence-electron chi connectivity index (χ0n) is 12.5. The average Bonchev–Trinajstić information content (AvgIpc) is 2.46. The molecule has 0 atom stereocenters. The summed E-state index contributed by atoms with van der Waals surface area (Å²) in [6.45, 7) is 6.66. The predicted octanol–water partition coefficient (Wildman–Crippen LogP) is 2.86. The van der Waals surface area contributed by atoms with Gasteiger partial charge in [0, 0.05) is 18.9 Å². The fourth-order valence-electron chi connectivity index (χ4n) is 1.92. The van der Waals surface area contributed by atoms with Crippen LogP contribution in [0.4, 0.5) is 0 Å². The summed E-state index contributed by atoms with van der Waals surface area (Å²) in [5.74, 6) is 0. The van der Waals surface area contributed by atoms with E-state index in [0.29, 0.717) is 0 Å². The molecule has 0 radical (unpaired) electrons. The van der Waals surface area contributed by atoms with Crippen LogP contribution in [0.1, 0.15) is 31.9 Å². The lowest BCUT2D eigenvalue weighted by Gasteiger charge is -2.19. The summed E-state index contributed by atoms with van der Waals surface area (Å²) in [5, 5.41) is 0. The fraction of sp³-hybridized carbons (Fsp3) is 0.312. The van der Waals surface area contributed by atoms with Crippen molar-refractivity contribution in [1.82, 2.24) is 9.71 Å². The Morgan fingerprint density at radius 1 is 1.14 bits per heavy atom. The minimum Gasteiger partial charge on any atom is -0.263 e. The van der Waals surface area contributed by atoms with Gasteiger partial charge < -0.3 is 0 Å². The van der Waals surface area contributed by atoms with Crippen molar-refractivity contribution < 1.29 is 8.42 Å². The Kier molecular flexibility index (Phi) is 4.44. The van der Waals surface area contributed by atoms with Crippen molar-refractivity contribution in [3.8, 4) is 0 Å². The lowest BCUT2D eigenvalue weighted by molar-refractivity contribution is 0.579. The second kappa shape index (κ2) is 5.95. The molecule has 0 aliphatic carbocycles. The molecule has 1 N–H and O–H groups in total. The van der Waals surface area contributed by atoms with Gasteiger partial charge in [-0.05, 0) is 28.7 Å². The Bertz CT molecular complexity index is 705. The number of hydrogen-bond acceptors (Lipinski definition) is 3. The SMILES string of the molecule is CC(C)(C)c1cccc(CNS(=O)(=O)c2cccnc2)c1. The smallest absolute Gasteiger partial charge is 0.242 e. The summed E-state index contributed by atoms with van der Waals surface area (Å²) in [5.41, 5.74) is 2.16. The molecule has 4 nitrogen and oxygen atoms in total. The Morgan fingerprint density at radius 2 is 1.90 bits per heavy atom. The van der Waals surface area contributed by atoms with Crippen LogP contribution in [0.3, 0.4) is 0 Å². The lowest BCUT2D eigenvalue weighted by Crippen LogP contribution is -2.23. The maximum Gasteiger partial charge on any atom is 0.242 e. The molecule has 0 unspecified atom stereocenters. The van der Waals surface area contributed by atoms with Gasteiger partial charge in [-0.1, -0.05) is 45.0 Å². The Labute approximate surface area is 126 Å². The highest BCUT2D eigenvalue weighted by atomic mass is 32.2. The van der Waals surface area contributed by atoms with Crippen molar-refractivity contribution in [2.75, 3.05) is 0 Å². The van der Waals surface area contributed by atoms with Gasteiger partial charge in [0.25, 0.3) is 0 Å². The molecule has 0 fully saturated rings. The van der Waals surface area contributed by atoms with E-state index in [0.717, 1.165) is 5.56 Å². The molecule has 2 aromatic rings. The van der Waals surface area contributed by atoms with E-state index in [9.17, 15) is 8.42 Å². The van der Waals surface area contributed by atoms with Gasteiger partial charge >= 0.3 is 0 Å². The minimum absolute atomic E-state index is 0.0399. The average molecular weight is 304 g/mol. The molecule has 0 spiro atoms. The van der Waals surface area contributed by atoms with Crippen LogP contribution in [0.25, 0.3) is 0 Å². The number of pyridine rings is 1. The number of nitrogens with zero attached hydrogens (tertiary/aromatic N) is 1. The molecule has 0 aliphatic heterocycles. The largest absolute Gasteiger partial charge is 0.263 e. The van der Waals surface area contributed by atoms with Crippen LogP contribution in [0.15, 0.2) is 53.7 Å². The van der Waals surface area contributed by atoms with Crippen LogP contribution in [0, 0.1) is 0 Å². The second-order valence-electron chi connectivity index (χ2n) is 5.96. The number of sulfonamides is 1. The van der Waals surface area contributed by atoms with E-state index < -0.39 is 10.0 Å². The summed E-state index contributed by atoms with van der Waals surface area (Å²) in [4.78, 5) is 4.01. The van der Waals surface area contributed by atoms with E-state index >= 15 is 0 Å². The first-order valence-electron chi connectivity index (χ1n) is 6.78. The maximum absolute atomic E-state index is 12.1. The van der Waals surface area contributed by atoms with Crippen molar-refractivity contribution in [3.05, 3.63) is 59.9 Å². The quantitative estimate of drug-likeness (QED) is 0.945. The molecule has 1 aromatic carbocycles. The third kappa shape index (κ3) is 4.12. The molecule has 1 heterocycles. The van der Waals surface area contributed by atoms with Crippen molar-refractivity contribution in [2.45, 2.75) is 37.6 Å². The minimum atomic E-state index is -3.52. The van der Waals surface area contributed by atoms with Gasteiger partial charge in [-0.15, -0.1) is 0 Å². The molecule has 2 rings (SSSR count). The van der Waals surface area contributed by atoms with E-state index in [2.05, 4.69) is 36.5 Å². The molecular weight excluding hydrogens is 284 g/mol. The first-order chi connectivity index (χ1) is 9.79. The van der Waals surface area contributed by atoms with Crippen LogP contribution in [0.5, 0.6) is 0 Å². The Hall–Kier alpha value is -1.72. The number of rotatable bonds is 4. The number of nitrogens with one attached hydrogen (secondary N) is 1. The summed E-state index contributed by atoms with van der Waals surface area (Å²) in [6.07, 6.45) is 2.89. The molecule has 112 valence electrons. The van der Waals surface area contributed by atoms with Gasteiger partial charge in [0.05, 0.1) is 0 Å². The predicted molar refractivity (Wildman–Crippen MR) is 83.4 cm³/mol. The standard InChI is InChI=1S/C16H20N2O2S/c1-16(2,3)14-7-4-6-13(10-14)11-18-21(19,20)15-8-5-9-17-12-15/h4-10,12,18H,11H2,1-3H3. The molecule has 5 heteroatoms. The highest BCUT2D eigenvalue weighted by Gasteiger charge is 2.16. The van der Waals surface area contributed by atoms with Crippen LogP contribution >= 0.6 is 0 Å². The van der Waals surface area contributed by atoms with Gasteiger partial charge in [-0.2, -0.15) is 0 Å². The molecule has 0 aliphatic rings. The monoisotopic (exact) mass is 304 g/mol. The molecular formula is C16H20N2O2S. The lowest BCUT2D eigenvalue weighted by atomic mass is 9.86. The second-order valence-corrected chi connectivity index (χ2v) is 7.73. The van der Waals surface area contributed by atoms with E-state index in [1.165, 1.54) is 17.8 Å². The molecule has 0 amide bonds. The molecule has 0 saturated carbocycles. The summed E-state index contributed by atoms with van der Waals surface area (Å²) in [7, 11) is -3.52. The normalized spacial score (nSPS) is 12.3. The Balaban J connectivity index is 2.14. The van der Waals surface area contributed by atoms with Gasteiger partial charge in [-0.25, -0.2) is 13.1 Å². The first kappa shape index (κ1) is 15.7. The van der Waals surface area contributed by atoms with Crippen LogP contribution < -0.4 is 4.72 Å².